The van der Waals surface area contributed by atoms with Gasteiger partial charge in [-0.05, 0) is 73.1 Å². The number of benzene rings is 2. The Balaban J connectivity index is 1.47. The fourth-order valence-electron chi connectivity index (χ4n) is 2.72. The molecule has 0 amide bonds. The van der Waals surface area contributed by atoms with Gasteiger partial charge in [0.1, 0.15) is 0 Å². The number of hydrogen-bond donors (Lipinski definition) is 3. The molecule has 0 radical (unpaired) electrons. The van der Waals surface area contributed by atoms with Crippen LogP contribution in [0.15, 0.2) is 58.3 Å². The molecule has 1 aliphatic rings. The van der Waals surface area contributed by atoms with Gasteiger partial charge in [0.25, 0.3) is 0 Å². The number of nitrogen functional groups attached to an aromatic ring is 1. The van der Waals surface area contributed by atoms with Crippen LogP contribution in [0.1, 0.15) is 6.42 Å². The van der Waals surface area contributed by atoms with Crippen LogP contribution in [0.25, 0.3) is 0 Å². The average molecular weight is 408 g/mol. The molecule has 0 spiro atoms. The Morgan fingerprint density at radius 1 is 1.12 bits per heavy atom. The highest BCUT2D eigenvalue weighted by Crippen LogP contribution is 2.29. The summed E-state index contributed by atoms with van der Waals surface area (Å²) in [6, 6.07) is 15.7. The fraction of sp³-hybridized carbons (Fsp3) is 0.278. The second kappa shape index (κ2) is 8.28. The van der Waals surface area contributed by atoms with Crippen LogP contribution in [0.3, 0.4) is 0 Å². The zero-order valence-corrected chi connectivity index (χ0v) is 16.6. The summed E-state index contributed by atoms with van der Waals surface area (Å²) >= 11 is 6.95. The summed E-state index contributed by atoms with van der Waals surface area (Å²) in [6.45, 7) is 0.580. The van der Waals surface area contributed by atoms with Crippen molar-refractivity contribution in [1.29, 1.82) is 0 Å². The summed E-state index contributed by atoms with van der Waals surface area (Å²) < 4.78 is 22.9. The Bertz CT molecular complexity index is 866. The maximum atomic E-state index is 11.5. The Morgan fingerprint density at radius 2 is 1.73 bits per heavy atom. The smallest absolute Gasteiger partial charge is 0.170 e. The van der Waals surface area contributed by atoms with Crippen molar-refractivity contribution in [2.45, 2.75) is 16.2 Å². The highest BCUT2D eigenvalue weighted by atomic mass is 32.2. The maximum Gasteiger partial charge on any atom is 0.170 e. The van der Waals surface area contributed by atoms with Gasteiger partial charge in [0.05, 0.1) is 11.5 Å². The lowest BCUT2D eigenvalue weighted by Crippen LogP contribution is -2.33. The van der Waals surface area contributed by atoms with Crippen LogP contribution >= 0.6 is 24.0 Å². The first-order valence-corrected chi connectivity index (χ1v) is 11.3. The highest BCUT2D eigenvalue weighted by Gasteiger charge is 2.27. The normalized spacial score (nSPS) is 18.4. The maximum absolute atomic E-state index is 11.5. The first-order chi connectivity index (χ1) is 12.4. The SMILES string of the molecule is Nc1ccc(Sc2ccc(NC(=S)NCC3CCS(=O)(=O)C3)cc2)cc1. The van der Waals surface area contributed by atoms with Gasteiger partial charge in [-0.2, -0.15) is 0 Å². The number of rotatable bonds is 5. The molecule has 2 aromatic rings. The van der Waals surface area contributed by atoms with Crippen LogP contribution in [0.5, 0.6) is 0 Å². The van der Waals surface area contributed by atoms with E-state index < -0.39 is 9.84 Å². The van der Waals surface area contributed by atoms with Crippen molar-refractivity contribution in [1.82, 2.24) is 5.32 Å². The summed E-state index contributed by atoms with van der Waals surface area (Å²) in [7, 11) is -2.85. The number of thiocarbonyl (C=S) groups is 1. The third kappa shape index (κ3) is 5.62. The van der Waals surface area contributed by atoms with E-state index in [2.05, 4.69) is 10.6 Å². The molecule has 1 heterocycles. The van der Waals surface area contributed by atoms with E-state index >= 15 is 0 Å². The van der Waals surface area contributed by atoms with Gasteiger partial charge in [-0.3, -0.25) is 0 Å². The highest BCUT2D eigenvalue weighted by molar-refractivity contribution is 7.99. The van der Waals surface area contributed by atoms with Crippen LogP contribution in [-0.2, 0) is 9.84 Å². The van der Waals surface area contributed by atoms with Gasteiger partial charge in [0.15, 0.2) is 14.9 Å². The van der Waals surface area contributed by atoms with Crippen LogP contribution in [-0.4, -0.2) is 31.6 Å². The molecule has 138 valence electrons. The molecule has 1 unspecified atom stereocenters. The van der Waals surface area contributed by atoms with Gasteiger partial charge >= 0.3 is 0 Å². The van der Waals surface area contributed by atoms with Crippen molar-refractivity contribution in [2.24, 2.45) is 5.92 Å². The molecule has 3 rings (SSSR count). The van der Waals surface area contributed by atoms with E-state index in [1.165, 1.54) is 0 Å². The van der Waals surface area contributed by atoms with Crippen molar-refractivity contribution < 1.29 is 8.42 Å². The van der Waals surface area contributed by atoms with Crippen LogP contribution in [0, 0.1) is 5.92 Å². The number of nitrogens with two attached hydrogens (primary N) is 1. The summed E-state index contributed by atoms with van der Waals surface area (Å²) in [4.78, 5) is 2.25. The van der Waals surface area contributed by atoms with Gasteiger partial charge in [-0.1, -0.05) is 11.8 Å². The second-order valence-electron chi connectivity index (χ2n) is 6.30. The van der Waals surface area contributed by atoms with E-state index in [4.69, 9.17) is 18.0 Å². The van der Waals surface area contributed by atoms with Crippen molar-refractivity contribution in [3.8, 4) is 0 Å². The predicted octanol–water partition coefficient (Wildman–Crippen LogP) is 3.14. The molecule has 5 nitrogen and oxygen atoms in total. The first kappa shape index (κ1) is 19.0. The standard InChI is InChI=1S/C18H21N3O2S3/c19-14-1-5-16(6-2-14)25-17-7-3-15(4-8-17)21-18(24)20-11-13-9-10-26(22,23)12-13/h1-8,13H,9-12,19H2,(H2,20,21,24). The van der Waals surface area contributed by atoms with Crippen LogP contribution in [0.2, 0.25) is 0 Å². The molecular formula is C18H21N3O2S3. The Morgan fingerprint density at radius 3 is 2.31 bits per heavy atom. The topological polar surface area (TPSA) is 84.2 Å². The molecule has 1 fully saturated rings. The van der Waals surface area contributed by atoms with Gasteiger partial charge in [0, 0.05) is 27.7 Å². The Hall–Kier alpha value is -1.77. The molecule has 0 bridgehead atoms. The molecule has 26 heavy (non-hydrogen) atoms. The Labute approximate surface area is 163 Å². The lowest BCUT2D eigenvalue weighted by Gasteiger charge is -2.13. The van der Waals surface area contributed by atoms with Crippen molar-refractivity contribution in [2.75, 3.05) is 29.1 Å². The van der Waals surface area contributed by atoms with Crippen molar-refractivity contribution >= 4 is 50.3 Å². The largest absolute Gasteiger partial charge is 0.399 e. The molecule has 0 saturated carbocycles. The first-order valence-electron chi connectivity index (χ1n) is 8.28. The lowest BCUT2D eigenvalue weighted by atomic mass is 10.1. The number of nitrogens with one attached hydrogen (secondary N) is 2. The summed E-state index contributed by atoms with van der Waals surface area (Å²) in [5, 5.41) is 6.75. The minimum absolute atomic E-state index is 0.137. The summed E-state index contributed by atoms with van der Waals surface area (Å²) in [6.07, 6.45) is 0.703. The predicted molar refractivity (Wildman–Crippen MR) is 112 cm³/mol. The molecule has 1 aliphatic heterocycles. The zero-order chi connectivity index (χ0) is 18.6. The third-order valence-electron chi connectivity index (χ3n) is 4.11. The molecule has 1 saturated heterocycles. The van der Waals surface area contributed by atoms with E-state index in [9.17, 15) is 8.42 Å². The Kier molecular flexibility index (Phi) is 6.05. The van der Waals surface area contributed by atoms with E-state index in [-0.39, 0.29) is 17.4 Å². The number of sulfone groups is 1. The zero-order valence-electron chi connectivity index (χ0n) is 14.1. The minimum Gasteiger partial charge on any atom is -0.399 e. The average Bonchev–Trinajstić information content (AvgIpc) is 2.96. The molecule has 4 N–H and O–H groups in total. The van der Waals surface area contributed by atoms with Gasteiger partial charge < -0.3 is 16.4 Å². The second-order valence-corrected chi connectivity index (χ2v) is 10.1. The van der Waals surface area contributed by atoms with E-state index in [1.807, 2.05) is 48.5 Å². The van der Waals surface area contributed by atoms with Crippen LogP contribution in [0.4, 0.5) is 11.4 Å². The quantitative estimate of drug-likeness (QED) is 0.519. The molecule has 2 aromatic carbocycles. The molecule has 8 heteroatoms. The van der Waals surface area contributed by atoms with Crippen molar-refractivity contribution in [3.63, 3.8) is 0 Å². The summed E-state index contributed by atoms with van der Waals surface area (Å²) in [5.74, 6) is 0.672. The summed E-state index contributed by atoms with van der Waals surface area (Å²) in [5.41, 5.74) is 7.35. The molecule has 0 aliphatic carbocycles. The van der Waals surface area contributed by atoms with Gasteiger partial charge in [-0.25, -0.2) is 8.42 Å². The van der Waals surface area contributed by atoms with Gasteiger partial charge in [0.2, 0.25) is 0 Å². The molecule has 1 atom stereocenters. The van der Waals surface area contributed by atoms with E-state index in [1.54, 1.807) is 11.8 Å². The number of hydrogen-bond acceptors (Lipinski definition) is 5. The number of anilines is 2. The monoisotopic (exact) mass is 407 g/mol. The van der Waals surface area contributed by atoms with Gasteiger partial charge in [-0.15, -0.1) is 0 Å². The lowest BCUT2D eigenvalue weighted by molar-refractivity contribution is 0.574. The fourth-order valence-corrected chi connectivity index (χ4v) is 5.60. The molecule has 0 aromatic heterocycles. The third-order valence-corrected chi connectivity index (χ3v) is 7.21. The van der Waals surface area contributed by atoms with Crippen molar-refractivity contribution in [3.05, 3.63) is 48.5 Å². The minimum atomic E-state index is -2.85. The van der Waals surface area contributed by atoms with E-state index in [0.717, 1.165) is 21.2 Å². The van der Waals surface area contributed by atoms with E-state index in [0.29, 0.717) is 18.1 Å². The molecular weight excluding hydrogens is 386 g/mol. The van der Waals surface area contributed by atoms with Crippen LogP contribution < -0.4 is 16.4 Å².